The first-order valence-electron chi connectivity index (χ1n) is 4.26. The van der Waals surface area contributed by atoms with Gasteiger partial charge in [0.05, 0.1) is 19.6 Å². The third-order valence-corrected chi connectivity index (χ3v) is 1.73. The van der Waals surface area contributed by atoms with Crippen LogP contribution in [0.15, 0.2) is 6.20 Å². The van der Waals surface area contributed by atoms with Gasteiger partial charge in [0, 0.05) is 11.8 Å². The maximum atomic E-state index is 12.1. The summed E-state index contributed by atoms with van der Waals surface area (Å²) in [4.78, 5) is 3.54. The molecule has 1 rings (SSSR count). The average molecular weight is 248 g/mol. The molecule has 17 heavy (non-hydrogen) atoms. The molecule has 0 saturated carbocycles. The van der Waals surface area contributed by atoms with Gasteiger partial charge in [-0.1, -0.05) is 0 Å². The van der Waals surface area contributed by atoms with Crippen LogP contribution in [-0.4, -0.2) is 23.6 Å². The SMILES string of the molecule is COc1ncc(CC#N)c(OC(F)(F)F)c1O. The quantitative estimate of drug-likeness (QED) is 0.882. The summed E-state index contributed by atoms with van der Waals surface area (Å²) in [5.41, 5.74) is -0.178. The first kappa shape index (κ1) is 12.9. The summed E-state index contributed by atoms with van der Waals surface area (Å²) in [5, 5.41) is 17.9. The Morgan fingerprint density at radius 3 is 2.65 bits per heavy atom. The second kappa shape index (κ2) is 4.78. The maximum absolute atomic E-state index is 12.1. The van der Waals surface area contributed by atoms with E-state index >= 15 is 0 Å². The van der Waals surface area contributed by atoms with Crippen LogP contribution in [-0.2, 0) is 6.42 Å². The standard InChI is InChI=1S/C9H7F3N2O3/c1-16-8-6(15)7(17-9(10,11)12)5(2-3-13)4-14-8/h4,15H,2H2,1H3. The molecule has 0 atom stereocenters. The Morgan fingerprint density at radius 1 is 1.53 bits per heavy atom. The first-order chi connectivity index (χ1) is 7.89. The summed E-state index contributed by atoms with van der Waals surface area (Å²) in [7, 11) is 1.13. The predicted octanol–water partition coefficient (Wildman–Crippen LogP) is 1.76. The van der Waals surface area contributed by atoms with E-state index in [1.165, 1.54) is 0 Å². The molecule has 0 fully saturated rings. The molecule has 1 aromatic heterocycles. The van der Waals surface area contributed by atoms with Gasteiger partial charge in [0.1, 0.15) is 0 Å². The lowest BCUT2D eigenvalue weighted by atomic mass is 10.2. The Kier molecular flexibility index (Phi) is 3.62. The monoisotopic (exact) mass is 248 g/mol. The maximum Gasteiger partial charge on any atom is 0.573 e. The van der Waals surface area contributed by atoms with E-state index in [9.17, 15) is 18.3 Å². The molecular formula is C9H7F3N2O3. The number of aromatic nitrogens is 1. The number of alkyl halides is 3. The highest BCUT2D eigenvalue weighted by Gasteiger charge is 2.34. The van der Waals surface area contributed by atoms with Crippen LogP contribution >= 0.6 is 0 Å². The number of rotatable bonds is 3. The van der Waals surface area contributed by atoms with Crippen molar-refractivity contribution in [2.45, 2.75) is 12.8 Å². The van der Waals surface area contributed by atoms with Crippen molar-refractivity contribution in [3.63, 3.8) is 0 Å². The molecule has 0 radical (unpaired) electrons. The average Bonchev–Trinajstić information content (AvgIpc) is 2.22. The highest BCUT2D eigenvalue weighted by atomic mass is 19.4. The predicted molar refractivity (Wildman–Crippen MR) is 48.5 cm³/mol. The van der Waals surface area contributed by atoms with Crippen molar-refractivity contribution in [3.8, 4) is 23.4 Å². The number of hydrogen-bond donors (Lipinski definition) is 1. The topological polar surface area (TPSA) is 75.4 Å². The summed E-state index contributed by atoms with van der Waals surface area (Å²) in [5.74, 6) is -2.17. The van der Waals surface area contributed by atoms with Gasteiger partial charge < -0.3 is 14.6 Å². The van der Waals surface area contributed by atoms with Crippen LogP contribution in [0.1, 0.15) is 5.56 Å². The Morgan fingerprint density at radius 2 is 2.18 bits per heavy atom. The molecule has 5 nitrogen and oxygen atoms in total. The van der Waals surface area contributed by atoms with Gasteiger partial charge in [0.2, 0.25) is 5.75 Å². The smallest absolute Gasteiger partial charge is 0.501 e. The van der Waals surface area contributed by atoms with Crippen LogP contribution in [0, 0.1) is 11.3 Å². The van der Waals surface area contributed by atoms with Crippen LogP contribution < -0.4 is 9.47 Å². The Balaban J connectivity index is 3.25. The van der Waals surface area contributed by atoms with Crippen molar-refractivity contribution in [2.24, 2.45) is 0 Å². The zero-order chi connectivity index (χ0) is 13.1. The lowest BCUT2D eigenvalue weighted by Gasteiger charge is -2.14. The Bertz CT molecular complexity index is 454. The van der Waals surface area contributed by atoms with Crippen molar-refractivity contribution in [1.82, 2.24) is 4.98 Å². The van der Waals surface area contributed by atoms with Crippen molar-refractivity contribution in [3.05, 3.63) is 11.8 Å². The molecule has 0 aromatic carbocycles. The van der Waals surface area contributed by atoms with Gasteiger partial charge >= 0.3 is 6.36 Å². The molecule has 0 aliphatic carbocycles. The van der Waals surface area contributed by atoms with Crippen molar-refractivity contribution in [1.29, 1.82) is 5.26 Å². The molecule has 8 heteroatoms. The molecule has 1 N–H and O–H groups in total. The molecule has 0 amide bonds. The molecule has 0 aliphatic heterocycles. The summed E-state index contributed by atoms with van der Waals surface area (Å²) in [6.45, 7) is 0. The minimum atomic E-state index is -4.98. The van der Waals surface area contributed by atoms with Gasteiger partial charge in [-0.25, -0.2) is 4.98 Å². The Labute approximate surface area is 94.0 Å². The van der Waals surface area contributed by atoms with Crippen LogP contribution in [0.3, 0.4) is 0 Å². The van der Waals surface area contributed by atoms with E-state index < -0.39 is 23.7 Å². The fraction of sp³-hybridized carbons (Fsp3) is 0.333. The van der Waals surface area contributed by atoms with E-state index in [0.29, 0.717) is 0 Å². The van der Waals surface area contributed by atoms with E-state index in [4.69, 9.17) is 5.26 Å². The fourth-order valence-corrected chi connectivity index (χ4v) is 1.10. The fourth-order valence-electron chi connectivity index (χ4n) is 1.10. The van der Waals surface area contributed by atoms with Gasteiger partial charge in [-0.15, -0.1) is 13.2 Å². The van der Waals surface area contributed by atoms with Crippen molar-refractivity contribution in [2.75, 3.05) is 7.11 Å². The first-order valence-corrected chi connectivity index (χ1v) is 4.26. The highest BCUT2D eigenvalue weighted by molar-refractivity contribution is 5.51. The van der Waals surface area contributed by atoms with Crippen LogP contribution in [0.25, 0.3) is 0 Å². The normalized spacial score (nSPS) is 10.8. The number of nitrogens with zero attached hydrogens (tertiary/aromatic N) is 2. The molecule has 92 valence electrons. The lowest BCUT2D eigenvalue weighted by Crippen LogP contribution is -2.18. The third kappa shape index (κ3) is 3.14. The summed E-state index contributed by atoms with van der Waals surface area (Å²) in [6.07, 6.45) is -4.38. The van der Waals surface area contributed by atoms with Gasteiger partial charge in [0.15, 0.2) is 5.75 Å². The van der Waals surface area contributed by atoms with Crippen molar-refractivity contribution < 1.29 is 27.8 Å². The van der Waals surface area contributed by atoms with E-state index in [0.717, 1.165) is 13.3 Å². The van der Waals surface area contributed by atoms with Crippen LogP contribution in [0.4, 0.5) is 13.2 Å². The number of aromatic hydroxyl groups is 1. The van der Waals surface area contributed by atoms with E-state index in [1.54, 1.807) is 6.07 Å². The van der Waals surface area contributed by atoms with Gasteiger partial charge in [0.25, 0.3) is 5.88 Å². The minimum Gasteiger partial charge on any atom is -0.501 e. The molecule has 0 bridgehead atoms. The zero-order valence-electron chi connectivity index (χ0n) is 8.58. The van der Waals surface area contributed by atoms with E-state index in [2.05, 4.69) is 14.5 Å². The summed E-state index contributed by atoms with van der Waals surface area (Å²) in [6, 6.07) is 1.64. The van der Waals surface area contributed by atoms with E-state index in [-0.39, 0.29) is 12.0 Å². The van der Waals surface area contributed by atoms with Gasteiger partial charge in [-0.2, -0.15) is 5.26 Å². The van der Waals surface area contributed by atoms with Crippen LogP contribution in [0.5, 0.6) is 17.4 Å². The number of pyridine rings is 1. The second-order valence-electron chi connectivity index (χ2n) is 2.85. The number of nitriles is 1. The van der Waals surface area contributed by atoms with Gasteiger partial charge in [-0.05, 0) is 0 Å². The second-order valence-corrected chi connectivity index (χ2v) is 2.85. The molecule has 0 unspecified atom stereocenters. The highest BCUT2D eigenvalue weighted by Crippen LogP contribution is 2.39. The summed E-state index contributed by atoms with van der Waals surface area (Å²) >= 11 is 0. The number of halogens is 3. The molecule has 1 heterocycles. The van der Waals surface area contributed by atoms with Crippen LogP contribution in [0.2, 0.25) is 0 Å². The van der Waals surface area contributed by atoms with Crippen molar-refractivity contribution >= 4 is 0 Å². The summed E-state index contributed by atoms with van der Waals surface area (Å²) < 4.78 is 44.5. The zero-order valence-corrected chi connectivity index (χ0v) is 8.58. The molecular weight excluding hydrogens is 241 g/mol. The lowest BCUT2D eigenvalue weighted by molar-refractivity contribution is -0.275. The minimum absolute atomic E-state index is 0.178. The van der Waals surface area contributed by atoms with E-state index in [1.807, 2.05) is 0 Å². The van der Waals surface area contributed by atoms with Gasteiger partial charge in [-0.3, -0.25) is 0 Å². The largest absolute Gasteiger partial charge is 0.573 e. The number of hydrogen-bond acceptors (Lipinski definition) is 5. The third-order valence-electron chi connectivity index (χ3n) is 1.73. The number of methoxy groups -OCH3 is 1. The molecule has 0 spiro atoms. The molecule has 0 saturated heterocycles. The molecule has 1 aromatic rings. The number of ether oxygens (including phenoxy) is 2. The Hall–Kier alpha value is -2.17. The molecule has 0 aliphatic rings.